The lowest BCUT2D eigenvalue weighted by Gasteiger charge is -2.23. The van der Waals surface area contributed by atoms with Gasteiger partial charge >= 0.3 is 0 Å². The zero-order valence-electron chi connectivity index (χ0n) is 13.1. The number of nitrogens with zero attached hydrogens (tertiary/aromatic N) is 3. The summed E-state index contributed by atoms with van der Waals surface area (Å²) in [6.45, 7) is 1.09. The molecule has 0 aromatic carbocycles. The van der Waals surface area contributed by atoms with Gasteiger partial charge in [0.15, 0.2) is 0 Å². The lowest BCUT2D eigenvalue weighted by atomic mass is 10.1. The van der Waals surface area contributed by atoms with Crippen LogP contribution in [0.4, 0.5) is 0 Å². The zero-order chi connectivity index (χ0) is 16.3. The van der Waals surface area contributed by atoms with Gasteiger partial charge in [-0.3, -0.25) is 4.79 Å². The third-order valence-corrected chi connectivity index (χ3v) is 5.63. The van der Waals surface area contributed by atoms with Crippen LogP contribution in [0.25, 0.3) is 0 Å². The third-order valence-electron chi connectivity index (χ3n) is 3.69. The van der Waals surface area contributed by atoms with Gasteiger partial charge in [0, 0.05) is 52.7 Å². The summed E-state index contributed by atoms with van der Waals surface area (Å²) >= 11 is 0. The van der Waals surface area contributed by atoms with Crippen LogP contribution in [0.1, 0.15) is 17.1 Å². The van der Waals surface area contributed by atoms with E-state index >= 15 is 0 Å². The third kappa shape index (κ3) is 3.54. The molecule has 0 amide bonds. The number of aromatic amines is 1. The number of H-pyrrole nitrogens is 1. The van der Waals surface area contributed by atoms with Crippen LogP contribution in [0.2, 0.25) is 0 Å². The number of fused-ring (bicyclic) bond motifs is 1. The molecule has 0 bridgehead atoms. The SMILES string of the molecule is COCCc1nc2c(c(=O)[nH]1)CCN(S(=O)(=O)N(C)C)CC2. The van der Waals surface area contributed by atoms with Gasteiger partial charge in [0.05, 0.1) is 12.3 Å². The van der Waals surface area contributed by atoms with E-state index in [1.165, 1.54) is 22.7 Å². The Labute approximate surface area is 130 Å². The van der Waals surface area contributed by atoms with E-state index in [1.54, 1.807) is 7.11 Å². The average molecular weight is 330 g/mol. The lowest BCUT2D eigenvalue weighted by molar-refractivity contribution is 0.200. The van der Waals surface area contributed by atoms with E-state index in [0.717, 1.165) is 0 Å². The first kappa shape index (κ1) is 17.1. The molecule has 124 valence electrons. The Morgan fingerprint density at radius 3 is 2.64 bits per heavy atom. The molecule has 0 fully saturated rings. The van der Waals surface area contributed by atoms with Crippen LogP contribution in [0.15, 0.2) is 4.79 Å². The van der Waals surface area contributed by atoms with E-state index in [2.05, 4.69) is 9.97 Å². The highest BCUT2D eigenvalue weighted by Crippen LogP contribution is 2.14. The molecule has 1 aliphatic rings. The Kier molecular flexibility index (Phi) is 5.32. The van der Waals surface area contributed by atoms with Crippen LogP contribution in [0.5, 0.6) is 0 Å². The van der Waals surface area contributed by atoms with Crippen LogP contribution >= 0.6 is 0 Å². The number of hydrogen-bond donors (Lipinski definition) is 1. The van der Waals surface area contributed by atoms with Crippen molar-refractivity contribution in [3.05, 3.63) is 27.4 Å². The summed E-state index contributed by atoms with van der Waals surface area (Å²) in [7, 11) is 1.12. The molecular formula is C13H22N4O4S. The van der Waals surface area contributed by atoms with Gasteiger partial charge < -0.3 is 9.72 Å². The summed E-state index contributed by atoms with van der Waals surface area (Å²) in [6, 6.07) is 0. The average Bonchev–Trinajstić information content (AvgIpc) is 2.68. The summed E-state index contributed by atoms with van der Waals surface area (Å²) in [5, 5.41) is 0. The van der Waals surface area contributed by atoms with Crippen molar-refractivity contribution in [2.45, 2.75) is 19.3 Å². The van der Waals surface area contributed by atoms with Crippen LogP contribution in [-0.2, 0) is 34.2 Å². The molecule has 0 atom stereocenters. The normalized spacial score (nSPS) is 16.5. The molecule has 9 heteroatoms. The van der Waals surface area contributed by atoms with Gasteiger partial charge in [0.1, 0.15) is 5.82 Å². The fourth-order valence-corrected chi connectivity index (χ4v) is 3.52. The van der Waals surface area contributed by atoms with Crippen LogP contribution in [0.3, 0.4) is 0 Å². The Balaban J connectivity index is 2.25. The maximum atomic E-state index is 12.2. The van der Waals surface area contributed by atoms with Gasteiger partial charge in [0.25, 0.3) is 15.8 Å². The second-order valence-electron chi connectivity index (χ2n) is 5.37. The van der Waals surface area contributed by atoms with Gasteiger partial charge in [-0.15, -0.1) is 0 Å². The first-order valence-corrected chi connectivity index (χ1v) is 8.53. The quantitative estimate of drug-likeness (QED) is 0.760. The Bertz CT molecular complexity index is 684. The molecule has 1 aliphatic heterocycles. The van der Waals surface area contributed by atoms with Crippen molar-refractivity contribution < 1.29 is 13.2 Å². The molecule has 0 saturated carbocycles. The van der Waals surface area contributed by atoms with Crippen LogP contribution in [-0.4, -0.2) is 67.9 Å². The number of ether oxygens (including phenoxy) is 1. The van der Waals surface area contributed by atoms with Gasteiger partial charge in [-0.2, -0.15) is 17.0 Å². The first-order valence-electron chi connectivity index (χ1n) is 7.13. The molecule has 0 saturated heterocycles. The molecule has 22 heavy (non-hydrogen) atoms. The first-order chi connectivity index (χ1) is 10.4. The standard InChI is InChI=1S/C13H22N4O4S/c1-16(2)22(19,20)17-7-4-10-11(5-8-17)14-12(6-9-21-3)15-13(10)18/h4-9H2,1-3H3,(H,14,15,18). The predicted molar refractivity (Wildman–Crippen MR) is 82.0 cm³/mol. The Morgan fingerprint density at radius 1 is 1.32 bits per heavy atom. The van der Waals surface area contributed by atoms with E-state index in [0.29, 0.717) is 49.5 Å². The van der Waals surface area contributed by atoms with Gasteiger partial charge in [0.2, 0.25) is 0 Å². The van der Waals surface area contributed by atoms with E-state index in [4.69, 9.17) is 4.74 Å². The minimum absolute atomic E-state index is 0.180. The number of rotatable bonds is 5. The van der Waals surface area contributed by atoms with Crippen molar-refractivity contribution in [3.8, 4) is 0 Å². The number of hydrogen-bond acceptors (Lipinski definition) is 5. The van der Waals surface area contributed by atoms with Crippen LogP contribution < -0.4 is 5.56 Å². The number of methoxy groups -OCH3 is 1. The predicted octanol–water partition coefficient (Wildman–Crippen LogP) is -0.834. The molecule has 2 heterocycles. The molecule has 0 spiro atoms. The molecule has 1 aromatic heterocycles. The number of nitrogens with one attached hydrogen (secondary N) is 1. The van der Waals surface area contributed by atoms with Crippen molar-refractivity contribution >= 4 is 10.2 Å². The summed E-state index contributed by atoms with van der Waals surface area (Å²) < 4.78 is 32.0. The molecular weight excluding hydrogens is 308 g/mol. The van der Waals surface area contributed by atoms with Gasteiger partial charge in [-0.1, -0.05) is 0 Å². The highest BCUT2D eigenvalue weighted by atomic mass is 32.2. The van der Waals surface area contributed by atoms with E-state index < -0.39 is 10.2 Å². The number of aromatic nitrogens is 2. The molecule has 8 nitrogen and oxygen atoms in total. The second-order valence-corrected chi connectivity index (χ2v) is 7.51. The van der Waals surface area contributed by atoms with E-state index in [1.807, 2.05) is 0 Å². The van der Waals surface area contributed by atoms with Crippen LogP contribution in [0, 0.1) is 0 Å². The molecule has 0 aliphatic carbocycles. The zero-order valence-corrected chi connectivity index (χ0v) is 13.9. The summed E-state index contributed by atoms with van der Waals surface area (Å²) in [5.74, 6) is 0.578. The summed E-state index contributed by atoms with van der Waals surface area (Å²) in [5.41, 5.74) is 1.09. The highest BCUT2D eigenvalue weighted by Gasteiger charge is 2.28. The highest BCUT2D eigenvalue weighted by molar-refractivity contribution is 7.86. The maximum Gasteiger partial charge on any atom is 0.281 e. The van der Waals surface area contributed by atoms with E-state index in [-0.39, 0.29) is 12.1 Å². The monoisotopic (exact) mass is 330 g/mol. The lowest BCUT2D eigenvalue weighted by Crippen LogP contribution is -2.41. The maximum absolute atomic E-state index is 12.2. The Hall–Kier alpha value is -1.29. The molecule has 2 rings (SSSR count). The second kappa shape index (κ2) is 6.86. The topological polar surface area (TPSA) is 95.6 Å². The fourth-order valence-electron chi connectivity index (χ4n) is 2.42. The van der Waals surface area contributed by atoms with Gasteiger partial charge in [-0.25, -0.2) is 4.98 Å². The minimum Gasteiger partial charge on any atom is -0.384 e. The van der Waals surface area contributed by atoms with E-state index in [9.17, 15) is 13.2 Å². The summed E-state index contributed by atoms with van der Waals surface area (Å²) in [4.78, 5) is 19.4. The van der Waals surface area contributed by atoms with Crippen molar-refractivity contribution in [1.29, 1.82) is 0 Å². The minimum atomic E-state index is -3.47. The van der Waals surface area contributed by atoms with Crippen molar-refractivity contribution in [2.75, 3.05) is 40.9 Å². The molecule has 0 unspecified atom stereocenters. The largest absolute Gasteiger partial charge is 0.384 e. The molecule has 1 aromatic rings. The smallest absolute Gasteiger partial charge is 0.281 e. The van der Waals surface area contributed by atoms with Crippen molar-refractivity contribution in [2.24, 2.45) is 0 Å². The van der Waals surface area contributed by atoms with Crippen molar-refractivity contribution in [1.82, 2.24) is 18.6 Å². The molecule has 0 radical (unpaired) electrons. The fraction of sp³-hybridized carbons (Fsp3) is 0.692. The Morgan fingerprint density at radius 2 is 2.00 bits per heavy atom. The van der Waals surface area contributed by atoms with Gasteiger partial charge in [-0.05, 0) is 6.42 Å². The summed E-state index contributed by atoms with van der Waals surface area (Å²) in [6.07, 6.45) is 1.33. The van der Waals surface area contributed by atoms with Crippen molar-refractivity contribution in [3.63, 3.8) is 0 Å². The molecule has 1 N–H and O–H groups in total.